The quantitative estimate of drug-likeness (QED) is 0.244. The summed E-state index contributed by atoms with van der Waals surface area (Å²) in [5, 5.41) is 17.2. The highest BCUT2D eigenvalue weighted by Gasteiger charge is 2.22. The molecule has 2 aromatic carbocycles. The fourth-order valence-corrected chi connectivity index (χ4v) is 5.79. The Morgan fingerprint density at radius 2 is 2.05 bits per heavy atom. The zero-order valence-electron chi connectivity index (χ0n) is 22.2. The number of imidazole rings is 1. The first-order valence-electron chi connectivity index (χ1n) is 12.8. The second kappa shape index (κ2) is 12.4. The van der Waals surface area contributed by atoms with Gasteiger partial charge in [-0.25, -0.2) is 18.2 Å². The van der Waals surface area contributed by atoms with E-state index in [1.807, 2.05) is 0 Å². The number of methoxy groups -OCH3 is 1. The molecule has 2 amide bonds. The van der Waals surface area contributed by atoms with Gasteiger partial charge in [-0.1, -0.05) is 11.6 Å². The maximum atomic E-state index is 13.0. The average Bonchev–Trinajstić information content (AvgIpc) is 3.66. The number of tetrazole rings is 1. The summed E-state index contributed by atoms with van der Waals surface area (Å²) in [6.07, 6.45) is 6.58. The number of fused-ring (bicyclic) bond motifs is 4. The maximum absolute atomic E-state index is 13.0. The van der Waals surface area contributed by atoms with Crippen LogP contribution in [-0.4, -0.2) is 63.5 Å². The van der Waals surface area contributed by atoms with Crippen molar-refractivity contribution in [2.45, 2.75) is 25.3 Å². The van der Waals surface area contributed by atoms with Gasteiger partial charge in [-0.15, -0.1) is 5.10 Å². The van der Waals surface area contributed by atoms with Crippen LogP contribution < -0.4 is 15.4 Å². The lowest BCUT2D eigenvalue weighted by Crippen LogP contribution is -2.28. The molecule has 0 saturated carbocycles. The number of H-pyrrole nitrogens is 1. The van der Waals surface area contributed by atoms with Crippen molar-refractivity contribution < 1.29 is 22.7 Å². The normalized spacial score (nSPS) is 16.4. The lowest BCUT2D eigenvalue weighted by molar-refractivity contribution is -0.117. The van der Waals surface area contributed by atoms with E-state index in [2.05, 4.69) is 45.6 Å². The van der Waals surface area contributed by atoms with Crippen molar-refractivity contribution >= 4 is 51.1 Å². The summed E-state index contributed by atoms with van der Waals surface area (Å²) in [5.74, 6) is -0.00843. The van der Waals surface area contributed by atoms with E-state index in [-0.39, 0.29) is 17.3 Å². The summed E-state index contributed by atoms with van der Waals surface area (Å²) >= 11 is 6.18. The van der Waals surface area contributed by atoms with Gasteiger partial charge >= 0.3 is 6.09 Å². The van der Waals surface area contributed by atoms with Gasteiger partial charge in [-0.3, -0.25) is 14.8 Å². The van der Waals surface area contributed by atoms with Crippen molar-refractivity contribution in [3.63, 3.8) is 0 Å². The molecule has 1 aliphatic heterocycles. The van der Waals surface area contributed by atoms with Crippen molar-refractivity contribution in [1.29, 1.82) is 0 Å². The highest BCUT2D eigenvalue weighted by Crippen LogP contribution is 2.32. The summed E-state index contributed by atoms with van der Waals surface area (Å²) in [7, 11) is -2.48. The Balaban J connectivity index is 1.41. The Morgan fingerprint density at radius 1 is 1.19 bits per heavy atom. The average molecular weight is 612 g/mol. The van der Waals surface area contributed by atoms with Crippen LogP contribution in [0.5, 0.6) is 0 Å². The number of benzene rings is 2. The largest absolute Gasteiger partial charge is 0.453 e. The molecule has 2 aromatic heterocycles. The monoisotopic (exact) mass is 611 g/mol. The van der Waals surface area contributed by atoms with E-state index in [0.717, 1.165) is 0 Å². The number of aromatic amines is 1. The third kappa shape index (κ3) is 6.92. The minimum absolute atomic E-state index is 0.130. The molecule has 0 spiro atoms. The minimum atomic E-state index is -3.71. The van der Waals surface area contributed by atoms with Gasteiger partial charge in [0.2, 0.25) is 15.9 Å². The number of anilines is 2. The molecule has 0 fully saturated rings. The van der Waals surface area contributed by atoms with Crippen molar-refractivity contribution in [2.75, 3.05) is 22.9 Å². The van der Waals surface area contributed by atoms with Crippen LogP contribution in [-0.2, 0) is 19.6 Å². The molecule has 5 rings (SSSR count). The molecule has 4 N–H and O–H groups in total. The predicted octanol–water partition coefficient (Wildman–Crippen LogP) is 3.68. The molecule has 0 radical (unpaired) electrons. The van der Waals surface area contributed by atoms with Crippen molar-refractivity contribution in [3.05, 3.63) is 71.4 Å². The molecule has 1 atom stereocenters. The summed E-state index contributed by atoms with van der Waals surface area (Å²) in [4.78, 5) is 32.4. The van der Waals surface area contributed by atoms with E-state index >= 15 is 0 Å². The molecule has 0 unspecified atom stereocenters. The highest BCUT2D eigenvalue weighted by atomic mass is 35.5. The standard InChI is InChI=1S/C26H26ClN9O5S/c1-41-26(38)30-18-7-8-19-21(13-18)33-42(39,40)11-3-2-4-20(25-28-14-22(19)32-25)31-24(37)10-5-16-12-17(27)6-9-23(16)36-15-29-34-35-36/h5-10,12-15,20,33H,2-4,11H2,1H3,(H,28,32)(H,30,38)(H,31,37)/t20-/m0/s1. The van der Waals surface area contributed by atoms with Gasteiger partial charge in [-0.2, -0.15) is 4.68 Å². The van der Waals surface area contributed by atoms with E-state index in [4.69, 9.17) is 11.6 Å². The topological polar surface area (TPSA) is 186 Å². The zero-order chi connectivity index (χ0) is 29.7. The molecule has 218 valence electrons. The first-order valence-corrected chi connectivity index (χ1v) is 14.8. The number of nitrogens with one attached hydrogen (secondary N) is 4. The van der Waals surface area contributed by atoms with Crippen LogP contribution in [0.15, 0.2) is 55.0 Å². The summed E-state index contributed by atoms with van der Waals surface area (Å²) in [6.45, 7) is 0. The van der Waals surface area contributed by atoms with Crippen LogP contribution >= 0.6 is 11.6 Å². The lowest BCUT2D eigenvalue weighted by atomic mass is 10.1. The Labute approximate surface area is 245 Å². The molecular weight excluding hydrogens is 586 g/mol. The summed E-state index contributed by atoms with van der Waals surface area (Å²) in [6, 6.07) is 9.36. The fourth-order valence-electron chi connectivity index (χ4n) is 4.42. The molecule has 4 aromatic rings. The lowest BCUT2D eigenvalue weighted by Gasteiger charge is -2.18. The number of nitrogens with zero attached hydrogens (tertiary/aromatic N) is 5. The molecule has 42 heavy (non-hydrogen) atoms. The molecule has 16 heteroatoms. The van der Waals surface area contributed by atoms with Crippen LogP contribution in [0.4, 0.5) is 16.2 Å². The van der Waals surface area contributed by atoms with Gasteiger partial charge in [-0.05, 0) is 72.2 Å². The molecule has 0 saturated heterocycles. The number of aromatic nitrogens is 6. The molecule has 1 aliphatic rings. The number of sulfonamides is 1. The molecule has 0 aliphatic carbocycles. The Bertz CT molecular complexity index is 1740. The minimum Gasteiger partial charge on any atom is -0.453 e. The van der Waals surface area contributed by atoms with E-state index in [1.54, 1.807) is 42.6 Å². The van der Waals surface area contributed by atoms with Crippen molar-refractivity contribution in [3.8, 4) is 16.9 Å². The number of halogens is 1. The van der Waals surface area contributed by atoms with Crippen LogP contribution in [0, 0.1) is 0 Å². The SMILES string of the molecule is COC(=O)Nc1ccc2c(c1)NS(=O)(=O)CCCC[C@H](NC(=O)C=Cc1cc(Cl)ccc1-n1cnnn1)c1ncc-2[nH]1. The van der Waals surface area contributed by atoms with Crippen LogP contribution in [0.25, 0.3) is 23.0 Å². The highest BCUT2D eigenvalue weighted by molar-refractivity contribution is 7.92. The molecule has 2 bridgehead atoms. The molecular formula is C26H26ClN9O5S. The van der Waals surface area contributed by atoms with Crippen LogP contribution in [0.3, 0.4) is 0 Å². The van der Waals surface area contributed by atoms with Gasteiger partial charge in [0, 0.05) is 27.9 Å². The third-order valence-corrected chi connectivity index (χ3v) is 8.00. The predicted molar refractivity (Wildman–Crippen MR) is 155 cm³/mol. The fraction of sp³-hybridized carbons (Fsp3) is 0.231. The smallest absolute Gasteiger partial charge is 0.411 e. The molecule has 14 nitrogen and oxygen atoms in total. The van der Waals surface area contributed by atoms with Gasteiger partial charge in [0.25, 0.3) is 0 Å². The third-order valence-electron chi connectivity index (χ3n) is 6.40. The number of hydrogen-bond acceptors (Lipinski definition) is 9. The zero-order valence-corrected chi connectivity index (χ0v) is 23.8. The van der Waals surface area contributed by atoms with Crippen LogP contribution in [0.1, 0.15) is 36.7 Å². The van der Waals surface area contributed by atoms with Gasteiger partial charge in [0.15, 0.2) is 0 Å². The second-order valence-corrected chi connectivity index (χ2v) is 11.6. The first-order chi connectivity index (χ1) is 20.2. The number of ether oxygens (including phenoxy) is 1. The Morgan fingerprint density at radius 3 is 2.83 bits per heavy atom. The van der Waals surface area contributed by atoms with Gasteiger partial charge in [0.05, 0.1) is 42.2 Å². The number of carbonyl (C=O) groups excluding carboxylic acids is 2. The summed E-state index contributed by atoms with van der Waals surface area (Å²) in [5.41, 5.74) is 2.88. The van der Waals surface area contributed by atoms with Crippen molar-refractivity contribution in [2.24, 2.45) is 0 Å². The van der Waals surface area contributed by atoms with Crippen LogP contribution in [0.2, 0.25) is 5.02 Å². The van der Waals surface area contributed by atoms with E-state index in [0.29, 0.717) is 58.3 Å². The summed E-state index contributed by atoms with van der Waals surface area (Å²) < 4.78 is 34.4. The Hall–Kier alpha value is -4.76. The molecule has 3 heterocycles. The number of carbonyl (C=O) groups is 2. The number of amides is 2. The van der Waals surface area contributed by atoms with Crippen molar-refractivity contribution in [1.82, 2.24) is 35.5 Å². The maximum Gasteiger partial charge on any atom is 0.411 e. The van der Waals surface area contributed by atoms with Gasteiger partial charge < -0.3 is 15.0 Å². The number of rotatable bonds is 5. The van der Waals surface area contributed by atoms with E-state index in [1.165, 1.54) is 30.3 Å². The second-order valence-electron chi connectivity index (χ2n) is 9.33. The van der Waals surface area contributed by atoms with E-state index in [9.17, 15) is 18.0 Å². The van der Waals surface area contributed by atoms with E-state index < -0.39 is 22.2 Å². The number of hydrogen-bond donors (Lipinski definition) is 4. The van der Waals surface area contributed by atoms with Gasteiger partial charge in [0.1, 0.15) is 12.2 Å². The first kappa shape index (κ1) is 28.8. The Kier molecular flexibility index (Phi) is 8.49.